The number of carbonyl (C=O) groups excluding carboxylic acids is 1. The average Bonchev–Trinajstić information content (AvgIpc) is 1.88. The summed E-state index contributed by atoms with van der Waals surface area (Å²) in [6.45, 7) is 2.07. The number of ketones is 1. The minimum Gasteiger partial charge on any atom is -0.321 e. The first-order valence-electron chi connectivity index (χ1n) is 3.13. The van der Waals surface area contributed by atoms with Crippen LogP contribution in [-0.2, 0) is 4.79 Å². The predicted octanol–water partition coefficient (Wildman–Crippen LogP) is -1.74. The van der Waals surface area contributed by atoms with Crippen LogP contribution in [0, 0.1) is 0 Å². The van der Waals surface area contributed by atoms with Gasteiger partial charge in [0.05, 0.1) is 6.04 Å². The first-order valence-corrected chi connectivity index (χ1v) is 3.13. The molecule has 0 radical (unpaired) electrons. The molecule has 0 aliphatic carbocycles. The van der Waals surface area contributed by atoms with Crippen molar-refractivity contribution in [2.45, 2.75) is 19.4 Å². The Morgan fingerprint density at radius 3 is 2.70 bits per heavy atom. The number of hydrogen-bond donors (Lipinski definition) is 4. The zero-order valence-corrected chi connectivity index (χ0v) is 6.05. The lowest BCUT2D eigenvalue weighted by Gasteiger charge is -2.06. The lowest BCUT2D eigenvalue weighted by Crippen LogP contribution is -2.41. The molecule has 1 unspecified atom stereocenters. The highest BCUT2D eigenvalue weighted by molar-refractivity contribution is 5.81. The van der Waals surface area contributed by atoms with E-state index in [1.54, 1.807) is 0 Å². The fraction of sp³-hybridized carbons (Fsp3) is 0.800. The molecule has 6 N–H and O–H groups in total. The van der Waals surface area contributed by atoms with Gasteiger partial charge in [0.2, 0.25) is 0 Å². The number of nitrogens with one attached hydrogen (secondary N) is 2. The van der Waals surface area contributed by atoms with Crippen molar-refractivity contribution in [3.63, 3.8) is 0 Å². The van der Waals surface area contributed by atoms with Gasteiger partial charge in [-0.1, -0.05) is 0 Å². The molecule has 1 atom stereocenters. The van der Waals surface area contributed by atoms with E-state index in [2.05, 4.69) is 11.0 Å². The Kier molecular flexibility index (Phi) is 5.05. The molecule has 5 heteroatoms. The van der Waals surface area contributed by atoms with Crippen LogP contribution in [0.15, 0.2) is 0 Å². The number of hydrazine groups is 2. The second-order valence-corrected chi connectivity index (χ2v) is 2.08. The quantitative estimate of drug-likeness (QED) is 0.210. The number of Topliss-reactive ketones (excluding diaryl/α,β-unsaturated/α-hetero) is 1. The van der Waals surface area contributed by atoms with E-state index in [0.29, 0.717) is 13.0 Å². The zero-order valence-electron chi connectivity index (χ0n) is 6.05. The summed E-state index contributed by atoms with van der Waals surface area (Å²) in [5.41, 5.74) is 10.3. The first-order chi connectivity index (χ1) is 4.68. The lowest BCUT2D eigenvalue weighted by molar-refractivity contribution is -0.118. The molecule has 0 aromatic heterocycles. The van der Waals surface area contributed by atoms with Crippen molar-refractivity contribution in [1.29, 1.82) is 0 Å². The van der Waals surface area contributed by atoms with Gasteiger partial charge in [0.25, 0.3) is 0 Å². The fourth-order valence-electron chi connectivity index (χ4n) is 0.503. The third-order valence-electron chi connectivity index (χ3n) is 1.20. The van der Waals surface area contributed by atoms with Crippen LogP contribution in [0.3, 0.4) is 0 Å². The highest BCUT2D eigenvalue weighted by atomic mass is 16.1. The minimum atomic E-state index is -0.374. The number of rotatable bonds is 5. The Morgan fingerprint density at radius 2 is 2.30 bits per heavy atom. The van der Waals surface area contributed by atoms with E-state index in [9.17, 15) is 4.79 Å². The highest BCUT2D eigenvalue weighted by Crippen LogP contribution is 1.85. The molecule has 0 saturated carbocycles. The van der Waals surface area contributed by atoms with Crippen molar-refractivity contribution in [2.24, 2.45) is 11.6 Å². The molecule has 0 fully saturated rings. The molecule has 10 heavy (non-hydrogen) atoms. The molecule has 0 saturated heterocycles. The van der Waals surface area contributed by atoms with E-state index in [4.69, 9.17) is 11.6 Å². The van der Waals surface area contributed by atoms with Gasteiger partial charge in [-0.25, -0.2) is 5.43 Å². The SMILES string of the molecule is CC(=O)C(N)CCNNN. The summed E-state index contributed by atoms with van der Waals surface area (Å²) in [4.78, 5) is 10.5. The largest absolute Gasteiger partial charge is 0.321 e. The summed E-state index contributed by atoms with van der Waals surface area (Å²) < 4.78 is 0. The van der Waals surface area contributed by atoms with Crippen LogP contribution in [0.1, 0.15) is 13.3 Å². The van der Waals surface area contributed by atoms with E-state index < -0.39 is 0 Å². The fourth-order valence-corrected chi connectivity index (χ4v) is 0.503. The average molecular weight is 146 g/mol. The molecule has 0 aliphatic rings. The second kappa shape index (κ2) is 5.31. The van der Waals surface area contributed by atoms with E-state index >= 15 is 0 Å². The second-order valence-electron chi connectivity index (χ2n) is 2.08. The van der Waals surface area contributed by atoms with Gasteiger partial charge in [0.15, 0.2) is 0 Å². The molecule has 0 heterocycles. The van der Waals surface area contributed by atoms with E-state index in [0.717, 1.165) is 0 Å². The number of nitrogens with two attached hydrogens (primary N) is 2. The molecule has 0 aliphatic heterocycles. The molecule has 0 rings (SSSR count). The van der Waals surface area contributed by atoms with Crippen LogP contribution >= 0.6 is 0 Å². The monoisotopic (exact) mass is 146 g/mol. The molecule has 0 aromatic rings. The van der Waals surface area contributed by atoms with Gasteiger partial charge in [-0.2, -0.15) is 5.53 Å². The molecule has 0 amide bonds. The van der Waals surface area contributed by atoms with Gasteiger partial charge in [-0.15, -0.1) is 0 Å². The molecule has 0 aromatic carbocycles. The van der Waals surface area contributed by atoms with Crippen molar-refractivity contribution in [1.82, 2.24) is 11.0 Å². The highest BCUT2D eigenvalue weighted by Gasteiger charge is 2.05. The van der Waals surface area contributed by atoms with Crippen molar-refractivity contribution < 1.29 is 4.79 Å². The van der Waals surface area contributed by atoms with Crippen molar-refractivity contribution in [3.05, 3.63) is 0 Å². The maximum Gasteiger partial charge on any atom is 0.146 e. The summed E-state index contributed by atoms with van der Waals surface area (Å²) in [5, 5.41) is 0. The van der Waals surface area contributed by atoms with E-state index in [1.807, 2.05) is 0 Å². The van der Waals surface area contributed by atoms with Crippen LogP contribution in [0.4, 0.5) is 0 Å². The van der Waals surface area contributed by atoms with E-state index in [1.165, 1.54) is 6.92 Å². The lowest BCUT2D eigenvalue weighted by atomic mass is 10.1. The Labute approximate surface area is 60.1 Å². The van der Waals surface area contributed by atoms with Crippen molar-refractivity contribution in [2.75, 3.05) is 6.54 Å². The maximum atomic E-state index is 10.5. The van der Waals surface area contributed by atoms with Gasteiger partial charge in [-0.3, -0.25) is 10.6 Å². The Morgan fingerprint density at radius 1 is 1.70 bits per heavy atom. The first kappa shape index (κ1) is 9.51. The normalized spacial score (nSPS) is 13.1. The van der Waals surface area contributed by atoms with Gasteiger partial charge in [0.1, 0.15) is 5.78 Å². The Hall–Kier alpha value is -0.490. The number of hydrogen-bond acceptors (Lipinski definition) is 5. The summed E-state index contributed by atoms with van der Waals surface area (Å²) in [6, 6.07) is -0.374. The van der Waals surface area contributed by atoms with Gasteiger partial charge in [-0.05, 0) is 13.3 Å². The topological polar surface area (TPSA) is 93.2 Å². The minimum absolute atomic E-state index is 0.00109. The smallest absolute Gasteiger partial charge is 0.146 e. The molecular weight excluding hydrogens is 132 g/mol. The Bertz CT molecular complexity index is 106. The zero-order chi connectivity index (χ0) is 7.98. The predicted molar refractivity (Wildman–Crippen MR) is 38.6 cm³/mol. The van der Waals surface area contributed by atoms with Crippen LogP contribution in [-0.4, -0.2) is 18.4 Å². The molecule has 0 bridgehead atoms. The molecule has 5 nitrogen and oxygen atoms in total. The summed E-state index contributed by atoms with van der Waals surface area (Å²) >= 11 is 0. The standard InChI is InChI=1S/C5H14N4O/c1-4(10)5(6)2-3-8-9-7/h5,8-9H,2-3,6-7H2,1H3. The van der Waals surface area contributed by atoms with Crippen molar-refractivity contribution in [3.8, 4) is 0 Å². The Balaban J connectivity index is 3.21. The summed E-state index contributed by atoms with van der Waals surface area (Å²) in [7, 11) is 0. The van der Waals surface area contributed by atoms with Crippen molar-refractivity contribution >= 4 is 5.78 Å². The van der Waals surface area contributed by atoms with Crippen LogP contribution in [0.2, 0.25) is 0 Å². The third kappa shape index (κ3) is 4.39. The summed E-state index contributed by atoms with van der Waals surface area (Å²) in [5.74, 6) is 4.90. The molecular formula is C5H14N4O. The van der Waals surface area contributed by atoms with E-state index in [-0.39, 0.29) is 11.8 Å². The van der Waals surface area contributed by atoms with Gasteiger partial charge >= 0.3 is 0 Å². The third-order valence-corrected chi connectivity index (χ3v) is 1.20. The van der Waals surface area contributed by atoms with Crippen LogP contribution < -0.4 is 22.5 Å². The van der Waals surface area contributed by atoms with Crippen LogP contribution in [0.25, 0.3) is 0 Å². The number of carbonyl (C=O) groups is 1. The van der Waals surface area contributed by atoms with Gasteiger partial charge < -0.3 is 5.73 Å². The van der Waals surface area contributed by atoms with Crippen LogP contribution in [0.5, 0.6) is 0 Å². The van der Waals surface area contributed by atoms with Gasteiger partial charge in [0, 0.05) is 6.54 Å². The molecule has 0 spiro atoms. The molecule has 60 valence electrons. The maximum absolute atomic E-state index is 10.5. The summed E-state index contributed by atoms with van der Waals surface area (Å²) in [6.07, 6.45) is 0.597.